The van der Waals surface area contributed by atoms with Crippen LogP contribution in [0.2, 0.25) is 0 Å². The minimum Gasteiger partial charge on any atom is -0.496 e. The number of ether oxygens (including phenoxy) is 1. The molecule has 1 unspecified atom stereocenters. The maximum atomic E-state index is 13.0. The molecule has 0 fully saturated rings. The maximum Gasteiger partial charge on any atom is 0.216 e. The standard InChI is InChI=1S/C11H10BrFO3/c1-6(14)11(15)10(12)8-5-7(13)3-4-9(8)16-2/h3-5,10H,1-2H3. The molecule has 0 aromatic heterocycles. The highest BCUT2D eigenvalue weighted by atomic mass is 79.9. The highest BCUT2D eigenvalue weighted by Crippen LogP contribution is 2.32. The van der Waals surface area contributed by atoms with Crippen LogP contribution in [0.4, 0.5) is 4.39 Å². The van der Waals surface area contributed by atoms with E-state index in [2.05, 4.69) is 15.9 Å². The minimum absolute atomic E-state index is 0.308. The lowest BCUT2D eigenvalue weighted by atomic mass is 10.1. The van der Waals surface area contributed by atoms with Crippen molar-refractivity contribution in [3.05, 3.63) is 29.6 Å². The molecule has 0 aliphatic rings. The van der Waals surface area contributed by atoms with Gasteiger partial charge in [0.1, 0.15) is 16.4 Å². The molecule has 0 spiro atoms. The zero-order valence-electron chi connectivity index (χ0n) is 8.79. The molecule has 0 saturated carbocycles. The van der Waals surface area contributed by atoms with Crippen molar-refractivity contribution in [3.8, 4) is 5.75 Å². The quantitative estimate of drug-likeness (QED) is 0.631. The average molecular weight is 289 g/mol. The third-order valence-corrected chi connectivity index (χ3v) is 2.95. The number of hydrogen-bond donors (Lipinski definition) is 0. The zero-order chi connectivity index (χ0) is 12.3. The molecular weight excluding hydrogens is 279 g/mol. The molecule has 0 bridgehead atoms. The van der Waals surface area contributed by atoms with Crippen LogP contribution in [0.3, 0.4) is 0 Å². The Morgan fingerprint density at radius 1 is 1.44 bits per heavy atom. The van der Waals surface area contributed by atoms with Crippen molar-refractivity contribution in [2.24, 2.45) is 0 Å². The van der Waals surface area contributed by atoms with E-state index in [4.69, 9.17) is 4.74 Å². The molecule has 1 rings (SSSR count). The van der Waals surface area contributed by atoms with Crippen molar-refractivity contribution in [3.63, 3.8) is 0 Å². The fourth-order valence-electron chi connectivity index (χ4n) is 1.22. The van der Waals surface area contributed by atoms with Crippen molar-refractivity contribution < 1.29 is 18.7 Å². The lowest BCUT2D eigenvalue weighted by Crippen LogP contribution is -2.16. The van der Waals surface area contributed by atoms with Crippen LogP contribution in [-0.2, 0) is 9.59 Å². The van der Waals surface area contributed by atoms with Crippen LogP contribution in [0.1, 0.15) is 17.3 Å². The van der Waals surface area contributed by atoms with Crippen LogP contribution < -0.4 is 4.74 Å². The second-order valence-electron chi connectivity index (χ2n) is 3.17. The van der Waals surface area contributed by atoms with Gasteiger partial charge in [-0.25, -0.2) is 4.39 Å². The van der Waals surface area contributed by atoms with Crippen LogP contribution in [0.5, 0.6) is 5.75 Å². The van der Waals surface area contributed by atoms with Gasteiger partial charge in [0, 0.05) is 12.5 Å². The predicted molar refractivity (Wildman–Crippen MR) is 60.3 cm³/mol. The summed E-state index contributed by atoms with van der Waals surface area (Å²) in [4.78, 5) is 21.5. The second-order valence-corrected chi connectivity index (χ2v) is 4.08. The van der Waals surface area contributed by atoms with Gasteiger partial charge in [0.05, 0.1) is 7.11 Å². The molecule has 16 heavy (non-hydrogen) atoms. The van der Waals surface area contributed by atoms with E-state index in [1.807, 2.05) is 0 Å². The lowest BCUT2D eigenvalue weighted by Gasteiger charge is -2.12. The Balaban J connectivity index is 3.15. The summed E-state index contributed by atoms with van der Waals surface area (Å²) >= 11 is 3.06. The fraction of sp³-hybridized carbons (Fsp3) is 0.273. The Morgan fingerprint density at radius 2 is 2.06 bits per heavy atom. The first kappa shape index (κ1) is 12.8. The van der Waals surface area contributed by atoms with Gasteiger partial charge in [-0.2, -0.15) is 0 Å². The van der Waals surface area contributed by atoms with Crippen molar-refractivity contribution >= 4 is 27.5 Å². The van der Waals surface area contributed by atoms with Gasteiger partial charge in [0.2, 0.25) is 5.78 Å². The van der Waals surface area contributed by atoms with Gasteiger partial charge in [-0.05, 0) is 18.2 Å². The zero-order valence-corrected chi connectivity index (χ0v) is 10.4. The Bertz CT molecular complexity index is 431. The molecule has 1 atom stereocenters. The highest BCUT2D eigenvalue weighted by molar-refractivity contribution is 9.09. The van der Waals surface area contributed by atoms with Gasteiger partial charge < -0.3 is 4.74 Å². The Morgan fingerprint density at radius 3 is 2.56 bits per heavy atom. The topological polar surface area (TPSA) is 43.4 Å². The summed E-state index contributed by atoms with van der Waals surface area (Å²) in [5.41, 5.74) is 0.308. The third kappa shape index (κ3) is 2.66. The van der Waals surface area contributed by atoms with Crippen LogP contribution in [0.25, 0.3) is 0 Å². The normalized spacial score (nSPS) is 12.0. The van der Waals surface area contributed by atoms with Crippen LogP contribution >= 0.6 is 15.9 Å². The average Bonchev–Trinajstić information content (AvgIpc) is 2.26. The van der Waals surface area contributed by atoms with Crippen molar-refractivity contribution in [1.29, 1.82) is 0 Å². The van der Waals surface area contributed by atoms with Gasteiger partial charge in [-0.15, -0.1) is 0 Å². The van der Waals surface area contributed by atoms with E-state index in [1.54, 1.807) is 0 Å². The van der Waals surface area contributed by atoms with Gasteiger partial charge in [0.25, 0.3) is 0 Å². The maximum absolute atomic E-state index is 13.0. The van der Waals surface area contributed by atoms with E-state index < -0.39 is 22.2 Å². The number of methoxy groups -OCH3 is 1. The van der Waals surface area contributed by atoms with Crippen molar-refractivity contribution in [2.75, 3.05) is 7.11 Å². The number of ketones is 2. The first-order valence-electron chi connectivity index (χ1n) is 4.49. The van der Waals surface area contributed by atoms with E-state index in [9.17, 15) is 14.0 Å². The molecule has 3 nitrogen and oxygen atoms in total. The molecule has 0 aliphatic carbocycles. The van der Waals surface area contributed by atoms with Crippen molar-refractivity contribution in [2.45, 2.75) is 11.8 Å². The van der Waals surface area contributed by atoms with Crippen LogP contribution in [0.15, 0.2) is 18.2 Å². The number of alkyl halides is 1. The van der Waals surface area contributed by atoms with Gasteiger partial charge >= 0.3 is 0 Å². The molecule has 1 aromatic rings. The highest BCUT2D eigenvalue weighted by Gasteiger charge is 2.24. The summed E-state index contributed by atoms with van der Waals surface area (Å²) in [5, 5.41) is 0. The molecule has 0 aliphatic heterocycles. The number of carbonyl (C=O) groups is 2. The fourth-order valence-corrected chi connectivity index (χ4v) is 1.90. The minimum atomic E-state index is -0.879. The molecule has 5 heteroatoms. The molecule has 1 aromatic carbocycles. The first-order chi connectivity index (χ1) is 7.47. The summed E-state index contributed by atoms with van der Waals surface area (Å²) in [6.07, 6.45) is 0. The van der Waals surface area contributed by atoms with Crippen LogP contribution in [-0.4, -0.2) is 18.7 Å². The smallest absolute Gasteiger partial charge is 0.216 e. The van der Waals surface area contributed by atoms with E-state index >= 15 is 0 Å². The van der Waals surface area contributed by atoms with Gasteiger partial charge in [-0.1, -0.05) is 15.9 Å². The number of benzene rings is 1. The summed E-state index contributed by atoms with van der Waals surface area (Å²) in [6, 6.07) is 3.80. The molecule has 0 N–H and O–H groups in total. The predicted octanol–water partition coefficient (Wildman–Crippen LogP) is 2.43. The Labute approximate surface area is 101 Å². The molecule has 0 heterocycles. The van der Waals surface area contributed by atoms with E-state index in [0.29, 0.717) is 11.3 Å². The van der Waals surface area contributed by atoms with Gasteiger partial charge in [-0.3, -0.25) is 9.59 Å². The first-order valence-corrected chi connectivity index (χ1v) is 5.41. The molecular formula is C11H10BrFO3. The molecule has 0 radical (unpaired) electrons. The number of rotatable bonds is 4. The number of Topliss-reactive ketones (excluding diaryl/α,β-unsaturated/α-hetero) is 2. The molecule has 86 valence electrons. The summed E-state index contributed by atoms with van der Waals surface area (Å²) in [6.45, 7) is 1.17. The largest absolute Gasteiger partial charge is 0.496 e. The third-order valence-electron chi connectivity index (χ3n) is 2.04. The number of hydrogen-bond acceptors (Lipinski definition) is 3. The Kier molecular flexibility index (Phi) is 4.18. The van der Waals surface area contributed by atoms with Gasteiger partial charge in [0.15, 0.2) is 5.78 Å². The number of carbonyl (C=O) groups excluding carboxylic acids is 2. The van der Waals surface area contributed by atoms with Crippen LogP contribution in [0, 0.1) is 5.82 Å². The number of halogens is 2. The lowest BCUT2D eigenvalue weighted by molar-refractivity contribution is -0.135. The van der Waals surface area contributed by atoms with E-state index in [0.717, 1.165) is 0 Å². The summed E-state index contributed by atoms with van der Waals surface area (Å²) in [7, 11) is 1.41. The molecule has 0 amide bonds. The SMILES string of the molecule is COc1ccc(F)cc1C(Br)C(=O)C(C)=O. The van der Waals surface area contributed by atoms with Crippen molar-refractivity contribution in [1.82, 2.24) is 0 Å². The van der Waals surface area contributed by atoms with E-state index in [-0.39, 0.29) is 0 Å². The Hall–Kier alpha value is -1.23. The monoisotopic (exact) mass is 288 g/mol. The second kappa shape index (κ2) is 5.21. The summed E-state index contributed by atoms with van der Waals surface area (Å²) < 4.78 is 18.0. The molecule has 0 saturated heterocycles. The summed E-state index contributed by atoms with van der Waals surface area (Å²) in [5.74, 6) is -1.36. The van der Waals surface area contributed by atoms with E-state index in [1.165, 1.54) is 32.2 Å².